The largest absolute Gasteiger partial charge is 0.294 e. The van der Waals surface area contributed by atoms with E-state index in [0.29, 0.717) is 0 Å². The minimum absolute atomic E-state index is 0.897. The highest BCUT2D eigenvalue weighted by Gasteiger charge is 2.24. The monoisotopic (exact) mass is 738 g/mol. The Labute approximate surface area is 334 Å². The van der Waals surface area contributed by atoms with Gasteiger partial charge in [-0.3, -0.25) is 9.80 Å². The van der Waals surface area contributed by atoms with Crippen LogP contribution in [0.5, 0.6) is 0 Å². The van der Waals surface area contributed by atoms with Crippen LogP contribution in [0.3, 0.4) is 0 Å². The summed E-state index contributed by atoms with van der Waals surface area (Å²) < 4.78 is 0. The van der Waals surface area contributed by atoms with E-state index in [4.69, 9.17) is 9.97 Å². The SMILES string of the molecule is c1ccc2cc(N(c3nccc4ccccc34)c3ccc4ccc5c(N(c6ccc7ccccc7c6)c6nccc7ccccc67)ccc6ccc3c4c65)ccc2c1. The molecule has 0 atom stereocenters. The van der Waals surface area contributed by atoms with Crippen LogP contribution >= 0.6 is 0 Å². The van der Waals surface area contributed by atoms with Crippen LogP contribution in [0.15, 0.2) is 207 Å². The summed E-state index contributed by atoms with van der Waals surface area (Å²) in [5, 5.41) is 16.4. The van der Waals surface area contributed by atoms with Gasteiger partial charge in [-0.05, 0) is 102 Å². The van der Waals surface area contributed by atoms with E-state index in [1.54, 1.807) is 0 Å². The van der Waals surface area contributed by atoms with Crippen molar-refractivity contribution in [3.05, 3.63) is 207 Å². The van der Waals surface area contributed by atoms with Gasteiger partial charge >= 0.3 is 0 Å². The fourth-order valence-corrected chi connectivity index (χ4v) is 9.11. The van der Waals surface area contributed by atoms with Gasteiger partial charge in [-0.2, -0.15) is 0 Å². The Bertz CT molecular complexity index is 3310. The Morgan fingerprint density at radius 2 is 0.655 bits per heavy atom. The molecule has 10 aromatic carbocycles. The van der Waals surface area contributed by atoms with E-state index in [1.165, 1.54) is 43.1 Å². The molecule has 2 aromatic heterocycles. The smallest absolute Gasteiger partial charge is 0.145 e. The molecular weight excluding hydrogens is 705 g/mol. The first kappa shape index (κ1) is 32.4. The van der Waals surface area contributed by atoms with Crippen LogP contribution in [0.1, 0.15) is 0 Å². The number of fused-ring (bicyclic) bond motifs is 4. The van der Waals surface area contributed by atoms with Gasteiger partial charge in [0.15, 0.2) is 0 Å². The Kier molecular flexibility index (Phi) is 7.20. The van der Waals surface area contributed by atoms with Crippen molar-refractivity contribution in [2.24, 2.45) is 0 Å². The summed E-state index contributed by atoms with van der Waals surface area (Å²) >= 11 is 0. The highest BCUT2D eigenvalue weighted by atomic mass is 15.2. The summed E-state index contributed by atoms with van der Waals surface area (Å²) in [5.74, 6) is 1.79. The molecule has 0 amide bonds. The third kappa shape index (κ3) is 5.02. The fourth-order valence-electron chi connectivity index (χ4n) is 9.11. The van der Waals surface area contributed by atoms with E-state index < -0.39 is 0 Å². The average molecular weight is 739 g/mol. The van der Waals surface area contributed by atoms with Gasteiger partial charge in [0, 0.05) is 45.3 Å². The topological polar surface area (TPSA) is 32.3 Å². The molecule has 0 radical (unpaired) electrons. The molecule has 0 saturated heterocycles. The van der Waals surface area contributed by atoms with Crippen LogP contribution in [0.2, 0.25) is 0 Å². The summed E-state index contributed by atoms with van der Waals surface area (Å²) in [6, 6.07) is 70.1. The van der Waals surface area contributed by atoms with Crippen molar-refractivity contribution in [2.45, 2.75) is 0 Å². The second-order valence-corrected chi connectivity index (χ2v) is 15.0. The lowest BCUT2D eigenvalue weighted by Crippen LogP contribution is -2.13. The zero-order valence-electron chi connectivity index (χ0n) is 31.4. The van der Waals surface area contributed by atoms with Gasteiger partial charge in [0.1, 0.15) is 11.6 Å². The number of pyridine rings is 2. The molecule has 4 nitrogen and oxygen atoms in total. The van der Waals surface area contributed by atoms with Crippen LogP contribution in [0.25, 0.3) is 75.4 Å². The van der Waals surface area contributed by atoms with E-state index in [0.717, 1.165) is 66.7 Å². The lowest BCUT2D eigenvalue weighted by atomic mass is 9.91. The van der Waals surface area contributed by atoms with Crippen molar-refractivity contribution in [3.8, 4) is 0 Å². The van der Waals surface area contributed by atoms with Crippen molar-refractivity contribution in [1.82, 2.24) is 9.97 Å². The number of hydrogen-bond acceptors (Lipinski definition) is 4. The first-order chi connectivity index (χ1) is 28.8. The van der Waals surface area contributed by atoms with Crippen molar-refractivity contribution >= 4 is 110 Å². The van der Waals surface area contributed by atoms with Gasteiger partial charge in [0.05, 0.1) is 11.4 Å². The van der Waals surface area contributed by atoms with Crippen molar-refractivity contribution in [3.63, 3.8) is 0 Å². The molecule has 0 aliphatic rings. The molecule has 0 fully saturated rings. The van der Waals surface area contributed by atoms with Gasteiger partial charge < -0.3 is 0 Å². The number of aromatic nitrogens is 2. The van der Waals surface area contributed by atoms with Crippen LogP contribution in [0, 0.1) is 0 Å². The summed E-state index contributed by atoms with van der Waals surface area (Å²) in [7, 11) is 0. The van der Waals surface area contributed by atoms with E-state index >= 15 is 0 Å². The fraction of sp³-hybridized carbons (Fsp3) is 0. The van der Waals surface area contributed by atoms with Crippen molar-refractivity contribution in [1.29, 1.82) is 0 Å². The molecule has 0 bridgehead atoms. The van der Waals surface area contributed by atoms with Crippen molar-refractivity contribution in [2.75, 3.05) is 9.80 Å². The predicted octanol–water partition coefficient (Wildman–Crippen LogP) is 14.9. The maximum Gasteiger partial charge on any atom is 0.145 e. The lowest BCUT2D eigenvalue weighted by molar-refractivity contribution is 1.21. The molecule has 12 rings (SSSR count). The first-order valence-corrected chi connectivity index (χ1v) is 19.7. The Balaban J connectivity index is 1.14. The van der Waals surface area contributed by atoms with Crippen LogP contribution in [-0.4, -0.2) is 9.97 Å². The Morgan fingerprint density at radius 1 is 0.276 bits per heavy atom. The third-order valence-corrected chi connectivity index (χ3v) is 11.8. The van der Waals surface area contributed by atoms with E-state index in [1.807, 2.05) is 12.4 Å². The zero-order chi connectivity index (χ0) is 38.2. The predicted molar refractivity (Wildman–Crippen MR) is 245 cm³/mol. The van der Waals surface area contributed by atoms with Gasteiger partial charge in [-0.25, -0.2) is 9.97 Å². The molecule has 0 aliphatic heterocycles. The molecule has 0 spiro atoms. The lowest BCUT2D eigenvalue weighted by Gasteiger charge is -2.29. The molecule has 2 heterocycles. The number of rotatable bonds is 6. The summed E-state index contributed by atoms with van der Waals surface area (Å²) in [6.45, 7) is 0. The van der Waals surface area contributed by atoms with Crippen LogP contribution < -0.4 is 9.80 Å². The third-order valence-electron chi connectivity index (χ3n) is 11.8. The molecule has 270 valence electrons. The summed E-state index contributed by atoms with van der Waals surface area (Å²) in [4.78, 5) is 14.9. The van der Waals surface area contributed by atoms with E-state index in [-0.39, 0.29) is 0 Å². The highest BCUT2D eigenvalue weighted by molar-refractivity contribution is 6.28. The summed E-state index contributed by atoms with van der Waals surface area (Å²) in [6.07, 6.45) is 3.85. The summed E-state index contributed by atoms with van der Waals surface area (Å²) in [5.41, 5.74) is 4.27. The van der Waals surface area contributed by atoms with E-state index in [9.17, 15) is 0 Å². The Hall–Kier alpha value is -7.82. The maximum atomic E-state index is 5.11. The standard InChI is InChI=1S/C54H34N4/c1-3-13-41-33-43(23-17-35(41)9-1)57(53-45-15-7-5-11-37(45)29-31-55-53)49-27-21-39-20-26-48-50(28-22-40-19-25-47(49)51(39)52(40)48)58(44-24-18-36-10-2-4-14-42(36)34-44)54-46-16-8-6-12-38(46)30-32-56-54/h1-34H. The molecule has 12 aromatic rings. The average Bonchev–Trinajstić information content (AvgIpc) is 3.29. The van der Waals surface area contributed by atoms with Crippen molar-refractivity contribution < 1.29 is 0 Å². The molecule has 4 heteroatoms. The maximum absolute atomic E-state index is 5.11. The molecule has 0 unspecified atom stereocenters. The van der Waals surface area contributed by atoms with Crippen LogP contribution in [-0.2, 0) is 0 Å². The van der Waals surface area contributed by atoms with Gasteiger partial charge in [0.2, 0.25) is 0 Å². The molecule has 0 N–H and O–H groups in total. The first-order valence-electron chi connectivity index (χ1n) is 19.7. The second kappa shape index (κ2) is 12.9. The minimum Gasteiger partial charge on any atom is -0.294 e. The zero-order valence-corrected chi connectivity index (χ0v) is 31.4. The normalized spacial score (nSPS) is 11.8. The van der Waals surface area contributed by atoms with E-state index in [2.05, 4.69) is 204 Å². The van der Waals surface area contributed by atoms with Gasteiger partial charge in [0.25, 0.3) is 0 Å². The minimum atomic E-state index is 0.897. The second-order valence-electron chi connectivity index (χ2n) is 15.0. The van der Waals surface area contributed by atoms with Crippen LogP contribution in [0.4, 0.5) is 34.4 Å². The number of anilines is 6. The number of hydrogen-bond donors (Lipinski definition) is 0. The molecule has 0 saturated carbocycles. The molecule has 0 aliphatic carbocycles. The molecule has 58 heavy (non-hydrogen) atoms. The molecular formula is C54H34N4. The number of benzene rings is 10. The highest BCUT2D eigenvalue weighted by Crippen LogP contribution is 2.49. The number of nitrogens with zero attached hydrogens (tertiary/aromatic N) is 4. The van der Waals surface area contributed by atoms with Gasteiger partial charge in [-0.1, -0.05) is 146 Å². The van der Waals surface area contributed by atoms with Gasteiger partial charge in [-0.15, -0.1) is 0 Å². The quantitative estimate of drug-likeness (QED) is 0.159. The Morgan fingerprint density at radius 3 is 1.12 bits per heavy atom.